The number of rotatable bonds is 5. The summed E-state index contributed by atoms with van der Waals surface area (Å²) in [6.45, 7) is 8.24. The fourth-order valence-electron chi connectivity index (χ4n) is 3.53. The largest absolute Gasteiger partial charge is 0.465 e. The highest BCUT2D eigenvalue weighted by molar-refractivity contribution is 7.22. The van der Waals surface area contributed by atoms with Gasteiger partial charge in [0.05, 0.1) is 16.9 Å². The van der Waals surface area contributed by atoms with E-state index in [-0.39, 0.29) is 0 Å². The first-order valence-electron chi connectivity index (χ1n) is 8.90. The zero-order valence-corrected chi connectivity index (χ0v) is 15.9. The molecule has 0 radical (unpaired) electrons. The molecule has 6 nitrogen and oxygen atoms in total. The Morgan fingerprint density at radius 3 is 2.76 bits per heavy atom. The summed E-state index contributed by atoms with van der Waals surface area (Å²) in [6, 6.07) is 4.13. The van der Waals surface area contributed by atoms with Crippen molar-refractivity contribution in [3.05, 3.63) is 29.3 Å². The van der Waals surface area contributed by atoms with E-state index >= 15 is 0 Å². The predicted octanol–water partition coefficient (Wildman–Crippen LogP) is 3.56. The van der Waals surface area contributed by atoms with Gasteiger partial charge in [0, 0.05) is 13.6 Å². The molecule has 134 valence electrons. The molecule has 1 saturated heterocycles. The summed E-state index contributed by atoms with van der Waals surface area (Å²) in [4.78, 5) is 7.16. The van der Waals surface area contributed by atoms with Gasteiger partial charge in [0.2, 0.25) is 0 Å². The Hall–Kier alpha value is -1.86. The maximum Gasteiger partial charge on any atom is 0.185 e. The van der Waals surface area contributed by atoms with Gasteiger partial charge in [-0.15, -0.1) is 0 Å². The van der Waals surface area contributed by atoms with Gasteiger partial charge in [-0.2, -0.15) is 5.10 Å². The summed E-state index contributed by atoms with van der Waals surface area (Å²) >= 11 is 1.71. The Bertz CT molecular complexity index is 822. The maximum absolute atomic E-state index is 5.69. The van der Waals surface area contributed by atoms with Crippen molar-refractivity contribution < 1.29 is 4.42 Å². The summed E-state index contributed by atoms with van der Waals surface area (Å²) in [7, 11) is 1.95. The number of piperidine rings is 1. The Balaban J connectivity index is 1.27. The van der Waals surface area contributed by atoms with Crippen molar-refractivity contribution in [1.29, 1.82) is 0 Å². The smallest absolute Gasteiger partial charge is 0.185 e. The third-order valence-corrected chi connectivity index (χ3v) is 6.08. The van der Waals surface area contributed by atoms with Gasteiger partial charge >= 0.3 is 0 Å². The summed E-state index contributed by atoms with van der Waals surface area (Å²) in [5.41, 5.74) is 2.04. The van der Waals surface area contributed by atoms with Crippen LogP contribution < -0.4 is 5.32 Å². The van der Waals surface area contributed by atoms with Crippen LogP contribution in [0.3, 0.4) is 0 Å². The van der Waals surface area contributed by atoms with Crippen molar-refractivity contribution in [1.82, 2.24) is 19.7 Å². The lowest BCUT2D eigenvalue weighted by atomic mass is 9.97. The monoisotopic (exact) mass is 359 g/mol. The summed E-state index contributed by atoms with van der Waals surface area (Å²) in [5.74, 6) is 2.78. The molecule has 4 heterocycles. The molecule has 0 aliphatic carbocycles. The normalized spacial score (nSPS) is 16.8. The topological polar surface area (TPSA) is 59.1 Å². The van der Waals surface area contributed by atoms with Gasteiger partial charge in [0.1, 0.15) is 11.5 Å². The van der Waals surface area contributed by atoms with Crippen molar-refractivity contribution in [2.75, 3.05) is 25.0 Å². The fourth-order valence-corrected chi connectivity index (χ4v) is 4.47. The van der Waals surface area contributed by atoms with E-state index in [4.69, 9.17) is 4.42 Å². The van der Waals surface area contributed by atoms with Gasteiger partial charge in [0.15, 0.2) is 10.8 Å². The molecular formula is C18H25N5OS. The van der Waals surface area contributed by atoms with Gasteiger partial charge in [-0.25, -0.2) is 9.67 Å². The number of fused-ring (bicyclic) bond motifs is 1. The molecule has 0 spiro atoms. The molecule has 1 aliphatic rings. The first-order chi connectivity index (χ1) is 12.1. The van der Waals surface area contributed by atoms with Crippen molar-refractivity contribution in [2.24, 2.45) is 13.0 Å². The van der Waals surface area contributed by atoms with Crippen LogP contribution in [-0.2, 0) is 13.6 Å². The number of aromatic nitrogens is 3. The number of furan rings is 1. The quantitative estimate of drug-likeness (QED) is 0.755. The van der Waals surface area contributed by atoms with E-state index in [2.05, 4.69) is 26.4 Å². The first-order valence-corrected chi connectivity index (χ1v) is 9.72. The second-order valence-electron chi connectivity index (χ2n) is 6.99. The predicted molar refractivity (Wildman–Crippen MR) is 101 cm³/mol. The van der Waals surface area contributed by atoms with E-state index in [9.17, 15) is 0 Å². The number of nitrogens with zero attached hydrogens (tertiary/aromatic N) is 4. The van der Waals surface area contributed by atoms with E-state index in [0.29, 0.717) is 5.92 Å². The number of aryl methyl sites for hydroxylation is 3. The molecule has 3 aromatic rings. The highest BCUT2D eigenvalue weighted by Crippen LogP contribution is 2.29. The Morgan fingerprint density at radius 2 is 2.08 bits per heavy atom. The SMILES string of the molecule is Cc1ccc(CN2CCC(CNc3nc4c(s3)c(C)nn4C)CC2)o1. The molecule has 0 amide bonds. The van der Waals surface area contributed by atoms with Crippen LogP contribution in [0, 0.1) is 19.8 Å². The van der Waals surface area contributed by atoms with Crippen molar-refractivity contribution >= 4 is 26.8 Å². The Labute approximate surface area is 151 Å². The van der Waals surface area contributed by atoms with E-state index in [1.165, 1.54) is 17.5 Å². The molecule has 0 aromatic carbocycles. The second kappa shape index (κ2) is 6.80. The lowest BCUT2D eigenvalue weighted by Crippen LogP contribution is -2.35. The lowest BCUT2D eigenvalue weighted by Gasteiger charge is -2.31. The Morgan fingerprint density at radius 1 is 1.28 bits per heavy atom. The minimum Gasteiger partial charge on any atom is -0.465 e. The van der Waals surface area contributed by atoms with Crippen LogP contribution in [0.5, 0.6) is 0 Å². The zero-order valence-electron chi connectivity index (χ0n) is 15.1. The molecule has 0 atom stereocenters. The van der Waals surface area contributed by atoms with Crippen LogP contribution in [-0.4, -0.2) is 39.3 Å². The molecule has 0 saturated carbocycles. The van der Waals surface area contributed by atoms with E-state index in [0.717, 1.165) is 54.2 Å². The van der Waals surface area contributed by atoms with Gasteiger partial charge < -0.3 is 9.73 Å². The Kier molecular flexibility index (Phi) is 4.52. The van der Waals surface area contributed by atoms with Gasteiger partial charge in [-0.05, 0) is 57.8 Å². The fraction of sp³-hybridized carbons (Fsp3) is 0.556. The van der Waals surface area contributed by atoms with Crippen molar-refractivity contribution in [3.8, 4) is 0 Å². The van der Waals surface area contributed by atoms with Gasteiger partial charge in [-0.3, -0.25) is 4.90 Å². The van der Waals surface area contributed by atoms with Crippen LogP contribution in [0.15, 0.2) is 16.5 Å². The van der Waals surface area contributed by atoms with Crippen LogP contribution in [0.25, 0.3) is 10.3 Å². The molecule has 1 N–H and O–H groups in total. The summed E-state index contributed by atoms with van der Waals surface area (Å²) in [5, 5.41) is 8.96. The molecule has 0 unspecified atom stereocenters. The number of likely N-dealkylation sites (tertiary alicyclic amines) is 1. The molecule has 25 heavy (non-hydrogen) atoms. The van der Waals surface area contributed by atoms with Gasteiger partial charge in [-0.1, -0.05) is 11.3 Å². The number of nitrogens with one attached hydrogen (secondary N) is 1. The third-order valence-electron chi connectivity index (χ3n) is 4.97. The first kappa shape index (κ1) is 16.6. The van der Waals surface area contributed by atoms with E-state index < -0.39 is 0 Å². The van der Waals surface area contributed by atoms with E-state index in [1.807, 2.05) is 31.6 Å². The van der Waals surface area contributed by atoms with E-state index in [1.54, 1.807) is 11.3 Å². The highest BCUT2D eigenvalue weighted by atomic mass is 32.1. The summed E-state index contributed by atoms with van der Waals surface area (Å²) in [6.07, 6.45) is 2.44. The van der Waals surface area contributed by atoms with Gasteiger partial charge in [0.25, 0.3) is 0 Å². The van der Waals surface area contributed by atoms with Crippen molar-refractivity contribution in [2.45, 2.75) is 33.2 Å². The second-order valence-corrected chi connectivity index (χ2v) is 7.99. The number of thiazole rings is 1. The minimum absolute atomic E-state index is 0.709. The number of hydrogen-bond donors (Lipinski definition) is 1. The summed E-state index contributed by atoms with van der Waals surface area (Å²) < 4.78 is 8.74. The average Bonchev–Trinajstić information content (AvgIpc) is 3.26. The zero-order chi connectivity index (χ0) is 17.4. The number of hydrogen-bond acceptors (Lipinski definition) is 6. The number of anilines is 1. The molecule has 0 bridgehead atoms. The molecule has 7 heteroatoms. The molecule has 3 aromatic heterocycles. The van der Waals surface area contributed by atoms with Crippen molar-refractivity contribution in [3.63, 3.8) is 0 Å². The standard InChI is InChI=1S/C18H25N5OS/c1-12-4-5-15(24-12)11-23-8-6-14(7-9-23)10-19-18-20-17-16(25-18)13(2)21-22(17)3/h4-5,14H,6-11H2,1-3H3,(H,19,20). The molecular weight excluding hydrogens is 334 g/mol. The van der Waals surface area contributed by atoms with Crippen LogP contribution >= 0.6 is 11.3 Å². The van der Waals surface area contributed by atoms with Crippen LogP contribution in [0.1, 0.15) is 30.1 Å². The maximum atomic E-state index is 5.69. The van der Waals surface area contributed by atoms with Crippen LogP contribution in [0.2, 0.25) is 0 Å². The molecule has 1 fully saturated rings. The van der Waals surface area contributed by atoms with Crippen LogP contribution in [0.4, 0.5) is 5.13 Å². The molecule has 1 aliphatic heterocycles. The average molecular weight is 359 g/mol. The third kappa shape index (κ3) is 3.57. The molecule has 4 rings (SSSR count). The lowest BCUT2D eigenvalue weighted by molar-refractivity contribution is 0.170. The highest BCUT2D eigenvalue weighted by Gasteiger charge is 2.20. The minimum atomic E-state index is 0.709.